The molecule has 1 heterocycles. The van der Waals surface area contributed by atoms with E-state index in [1.807, 2.05) is 0 Å². The predicted octanol–water partition coefficient (Wildman–Crippen LogP) is 0.320. The maximum atomic E-state index is 12.0. The zero-order valence-electron chi connectivity index (χ0n) is 10.4. The highest BCUT2D eigenvalue weighted by Crippen LogP contribution is 2.09. The largest absolute Gasteiger partial charge is 0.336 e. The number of imidazole rings is 1. The molecule has 0 fully saturated rings. The van der Waals surface area contributed by atoms with Crippen LogP contribution < -0.4 is 10.5 Å². The Labute approximate surface area is 112 Å². The average molecular weight is 280 g/mol. The van der Waals surface area contributed by atoms with E-state index in [0.29, 0.717) is 19.6 Å². The summed E-state index contributed by atoms with van der Waals surface area (Å²) in [6.07, 6.45) is 5.08. The highest BCUT2D eigenvalue weighted by Gasteiger charge is 2.12. The van der Waals surface area contributed by atoms with E-state index < -0.39 is 10.0 Å². The van der Waals surface area contributed by atoms with Gasteiger partial charge in [-0.25, -0.2) is 18.1 Å². The molecule has 0 aliphatic carbocycles. The maximum Gasteiger partial charge on any atom is 0.240 e. The first kappa shape index (κ1) is 13.7. The Bertz CT molecular complexity index is 606. The summed E-state index contributed by atoms with van der Waals surface area (Å²) in [5.74, 6) is 0. The van der Waals surface area contributed by atoms with Crippen LogP contribution in [0.2, 0.25) is 0 Å². The number of benzene rings is 1. The second kappa shape index (κ2) is 5.96. The first-order chi connectivity index (χ1) is 9.12. The van der Waals surface area contributed by atoms with Crippen molar-refractivity contribution in [2.24, 2.45) is 5.73 Å². The molecule has 0 atom stereocenters. The van der Waals surface area contributed by atoms with Gasteiger partial charge in [-0.2, -0.15) is 0 Å². The summed E-state index contributed by atoms with van der Waals surface area (Å²) in [5, 5.41) is 0. The number of rotatable bonds is 6. The number of hydrogen-bond acceptors (Lipinski definition) is 4. The third kappa shape index (κ3) is 3.63. The van der Waals surface area contributed by atoms with E-state index in [1.165, 1.54) is 0 Å². The van der Waals surface area contributed by atoms with Gasteiger partial charge in [0.1, 0.15) is 0 Å². The van der Waals surface area contributed by atoms with Crippen LogP contribution in [0.25, 0.3) is 0 Å². The van der Waals surface area contributed by atoms with E-state index >= 15 is 0 Å². The molecule has 2 aromatic rings. The van der Waals surface area contributed by atoms with Crippen molar-refractivity contribution in [3.05, 3.63) is 48.5 Å². The molecule has 19 heavy (non-hydrogen) atoms. The summed E-state index contributed by atoms with van der Waals surface area (Å²) in [4.78, 5) is 4.13. The van der Waals surface area contributed by atoms with E-state index in [0.717, 1.165) is 5.56 Å². The van der Waals surface area contributed by atoms with Crippen LogP contribution in [0.4, 0.5) is 0 Å². The number of nitrogens with two attached hydrogens (primary N) is 1. The second-order valence-corrected chi connectivity index (χ2v) is 5.81. The first-order valence-corrected chi connectivity index (χ1v) is 7.34. The smallest absolute Gasteiger partial charge is 0.240 e. The van der Waals surface area contributed by atoms with Gasteiger partial charge in [-0.3, -0.25) is 0 Å². The van der Waals surface area contributed by atoms with Crippen molar-refractivity contribution >= 4 is 10.0 Å². The third-order valence-corrected chi connectivity index (χ3v) is 4.17. The molecule has 0 bridgehead atoms. The lowest BCUT2D eigenvalue weighted by Crippen LogP contribution is -2.27. The molecule has 0 unspecified atom stereocenters. The fourth-order valence-corrected chi connectivity index (χ4v) is 2.64. The lowest BCUT2D eigenvalue weighted by molar-refractivity contribution is 0.573. The van der Waals surface area contributed by atoms with Gasteiger partial charge in [0.05, 0.1) is 11.2 Å². The normalized spacial score (nSPS) is 11.6. The molecule has 0 saturated heterocycles. The van der Waals surface area contributed by atoms with Gasteiger partial charge in [-0.1, -0.05) is 12.1 Å². The van der Waals surface area contributed by atoms with E-state index in [-0.39, 0.29) is 4.90 Å². The third-order valence-electron chi connectivity index (χ3n) is 2.69. The number of hydrogen-bond donors (Lipinski definition) is 2. The van der Waals surface area contributed by atoms with Crippen molar-refractivity contribution in [2.75, 3.05) is 6.54 Å². The van der Waals surface area contributed by atoms with Crippen LogP contribution in [0.5, 0.6) is 0 Å². The van der Waals surface area contributed by atoms with Gasteiger partial charge >= 0.3 is 0 Å². The molecule has 0 aliphatic rings. The average Bonchev–Trinajstić information content (AvgIpc) is 2.92. The van der Waals surface area contributed by atoms with Gasteiger partial charge in [-0.15, -0.1) is 0 Å². The van der Waals surface area contributed by atoms with Crippen molar-refractivity contribution in [1.82, 2.24) is 14.3 Å². The van der Waals surface area contributed by atoms with E-state index in [1.54, 1.807) is 47.6 Å². The highest BCUT2D eigenvalue weighted by atomic mass is 32.2. The van der Waals surface area contributed by atoms with Crippen molar-refractivity contribution < 1.29 is 8.42 Å². The molecule has 1 aromatic carbocycles. The van der Waals surface area contributed by atoms with Gasteiger partial charge in [0.2, 0.25) is 10.0 Å². The molecule has 0 aliphatic heterocycles. The van der Waals surface area contributed by atoms with Crippen LogP contribution in [0.1, 0.15) is 5.56 Å². The van der Waals surface area contributed by atoms with Crippen molar-refractivity contribution in [3.63, 3.8) is 0 Å². The minimum atomic E-state index is -3.46. The lowest BCUT2D eigenvalue weighted by Gasteiger charge is -2.07. The first-order valence-electron chi connectivity index (χ1n) is 5.86. The SMILES string of the molecule is NCc1ccc(S(=O)(=O)NCCn2ccnc2)cc1. The van der Waals surface area contributed by atoms with Crippen LogP contribution in [-0.2, 0) is 23.1 Å². The van der Waals surface area contributed by atoms with Crippen LogP contribution in [-0.4, -0.2) is 24.5 Å². The van der Waals surface area contributed by atoms with Gasteiger partial charge in [-0.05, 0) is 17.7 Å². The molecule has 0 saturated carbocycles. The van der Waals surface area contributed by atoms with Gasteiger partial charge in [0.25, 0.3) is 0 Å². The van der Waals surface area contributed by atoms with Gasteiger partial charge in [0.15, 0.2) is 0 Å². The molecule has 6 nitrogen and oxygen atoms in total. The lowest BCUT2D eigenvalue weighted by atomic mass is 10.2. The minimum absolute atomic E-state index is 0.246. The van der Waals surface area contributed by atoms with Crippen LogP contribution in [0.15, 0.2) is 47.9 Å². The highest BCUT2D eigenvalue weighted by molar-refractivity contribution is 7.89. The molecule has 0 spiro atoms. The van der Waals surface area contributed by atoms with Crippen LogP contribution >= 0.6 is 0 Å². The standard InChI is InChI=1S/C12H16N4O2S/c13-9-11-1-3-12(4-2-11)19(17,18)15-6-8-16-7-5-14-10-16/h1-5,7,10,15H,6,8-9,13H2. The van der Waals surface area contributed by atoms with Crippen LogP contribution in [0, 0.1) is 0 Å². The number of aromatic nitrogens is 2. The Hall–Kier alpha value is -1.70. The second-order valence-electron chi connectivity index (χ2n) is 4.05. The summed E-state index contributed by atoms with van der Waals surface area (Å²) in [7, 11) is -3.46. The molecular formula is C12H16N4O2S. The summed E-state index contributed by atoms with van der Waals surface area (Å²) in [6, 6.07) is 6.54. The number of nitrogens with zero attached hydrogens (tertiary/aromatic N) is 2. The molecule has 7 heteroatoms. The summed E-state index contributed by atoms with van der Waals surface area (Å²) < 4.78 is 28.3. The fraction of sp³-hybridized carbons (Fsp3) is 0.250. The molecule has 3 N–H and O–H groups in total. The fourth-order valence-electron chi connectivity index (χ4n) is 1.62. The Morgan fingerprint density at radius 1 is 1.26 bits per heavy atom. The topological polar surface area (TPSA) is 90.0 Å². The number of sulfonamides is 1. The Morgan fingerprint density at radius 3 is 2.58 bits per heavy atom. The summed E-state index contributed by atoms with van der Waals surface area (Å²) in [5.41, 5.74) is 6.37. The van der Waals surface area contributed by atoms with Crippen molar-refractivity contribution in [3.8, 4) is 0 Å². The summed E-state index contributed by atoms with van der Waals surface area (Å²) in [6.45, 7) is 1.26. The Morgan fingerprint density at radius 2 is 2.00 bits per heavy atom. The van der Waals surface area contributed by atoms with Crippen molar-refractivity contribution in [1.29, 1.82) is 0 Å². The predicted molar refractivity (Wildman–Crippen MR) is 71.7 cm³/mol. The zero-order chi connectivity index (χ0) is 13.7. The quantitative estimate of drug-likeness (QED) is 0.797. The number of nitrogens with one attached hydrogen (secondary N) is 1. The molecule has 0 radical (unpaired) electrons. The van der Waals surface area contributed by atoms with E-state index in [9.17, 15) is 8.42 Å². The van der Waals surface area contributed by atoms with Crippen molar-refractivity contribution in [2.45, 2.75) is 18.0 Å². The molecule has 1 aromatic heterocycles. The van der Waals surface area contributed by atoms with E-state index in [4.69, 9.17) is 5.73 Å². The zero-order valence-corrected chi connectivity index (χ0v) is 11.2. The van der Waals surface area contributed by atoms with Crippen LogP contribution in [0.3, 0.4) is 0 Å². The molecular weight excluding hydrogens is 264 g/mol. The molecule has 102 valence electrons. The Balaban J connectivity index is 1.97. The molecule has 2 rings (SSSR count). The Kier molecular flexibility index (Phi) is 4.31. The van der Waals surface area contributed by atoms with Gasteiger partial charge in [0, 0.05) is 32.0 Å². The minimum Gasteiger partial charge on any atom is -0.336 e. The monoisotopic (exact) mass is 280 g/mol. The van der Waals surface area contributed by atoms with Gasteiger partial charge < -0.3 is 10.3 Å². The molecule has 0 amide bonds. The maximum absolute atomic E-state index is 12.0. The van der Waals surface area contributed by atoms with E-state index in [2.05, 4.69) is 9.71 Å². The summed E-state index contributed by atoms with van der Waals surface area (Å²) >= 11 is 0.